The van der Waals surface area contributed by atoms with Crippen LogP contribution in [0.4, 0.5) is 0 Å². The Morgan fingerprint density at radius 1 is 1.20 bits per heavy atom. The van der Waals surface area contributed by atoms with Gasteiger partial charge in [-0.05, 0) is 37.0 Å². The third-order valence-corrected chi connectivity index (χ3v) is 4.02. The van der Waals surface area contributed by atoms with Crippen LogP contribution >= 0.6 is 0 Å². The predicted octanol–water partition coefficient (Wildman–Crippen LogP) is 2.91. The number of hydrogen-bond donors (Lipinski definition) is 2. The molecule has 1 aromatic carbocycles. The van der Waals surface area contributed by atoms with E-state index in [1.807, 2.05) is 12.1 Å². The highest BCUT2D eigenvalue weighted by Crippen LogP contribution is 2.17. The van der Waals surface area contributed by atoms with Gasteiger partial charge in [-0.3, -0.25) is 0 Å². The second-order valence-corrected chi connectivity index (χ2v) is 5.71. The van der Waals surface area contributed by atoms with Gasteiger partial charge in [0.25, 0.3) is 0 Å². The summed E-state index contributed by atoms with van der Waals surface area (Å²) in [6, 6.07) is 8.67. The number of aliphatic hydroxyl groups is 1. The number of benzene rings is 1. The molecule has 1 aromatic rings. The number of ether oxygens (including phenoxy) is 1. The van der Waals surface area contributed by atoms with Crippen LogP contribution in [0.15, 0.2) is 24.3 Å². The zero-order valence-electron chi connectivity index (χ0n) is 12.5. The molecule has 1 unspecified atom stereocenters. The van der Waals surface area contributed by atoms with Crippen LogP contribution in [0, 0.1) is 0 Å². The normalized spacial score (nSPS) is 17.9. The van der Waals surface area contributed by atoms with Gasteiger partial charge in [-0.25, -0.2) is 0 Å². The molecule has 112 valence electrons. The monoisotopic (exact) mass is 277 g/mol. The average Bonchev–Trinajstić information content (AvgIpc) is 2.52. The minimum Gasteiger partial charge on any atom is -0.491 e. The third kappa shape index (κ3) is 5.14. The smallest absolute Gasteiger partial charge is 0.119 e. The van der Waals surface area contributed by atoms with E-state index in [0.717, 1.165) is 12.2 Å². The maximum absolute atomic E-state index is 9.95. The number of nitrogens with one attached hydrogen (secondary N) is 1. The van der Waals surface area contributed by atoms with Gasteiger partial charge >= 0.3 is 0 Å². The van der Waals surface area contributed by atoms with Crippen LogP contribution in [0.5, 0.6) is 5.75 Å². The van der Waals surface area contributed by atoms with E-state index in [1.165, 1.54) is 37.7 Å². The lowest BCUT2D eigenvalue weighted by Gasteiger charge is -2.24. The first kappa shape index (κ1) is 15.3. The maximum Gasteiger partial charge on any atom is 0.119 e. The van der Waals surface area contributed by atoms with Crippen LogP contribution in [0.2, 0.25) is 0 Å². The van der Waals surface area contributed by atoms with Crippen molar-refractivity contribution in [3.63, 3.8) is 0 Å². The molecular weight excluding hydrogens is 250 g/mol. The van der Waals surface area contributed by atoms with Gasteiger partial charge in [0.15, 0.2) is 0 Å². The lowest BCUT2D eigenvalue weighted by atomic mass is 9.95. The van der Waals surface area contributed by atoms with Crippen LogP contribution < -0.4 is 10.1 Å². The molecule has 1 aliphatic carbocycles. The molecule has 1 atom stereocenters. The fourth-order valence-electron chi connectivity index (χ4n) is 2.68. The molecule has 0 aliphatic heterocycles. The van der Waals surface area contributed by atoms with E-state index in [4.69, 9.17) is 4.74 Å². The standard InChI is InChI=1S/C17H27NO2/c1-2-14-8-10-17(11-9-14)20-13-16(19)12-18-15-6-4-3-5-7-15/h8-11,15-16,18-19H,2-7,12-13H2,1H3. The number of aliphatic hydroxyl groups excluding tert-OH is 1. The van der Waals surface area contributed by atoms with Gasteiger partial charge in [-0.15, -0.1) is 0 Å². The third-order valence-electron chi connectivity index (χ3n) is 4.02. The molecule has 0 saturated heterocycles. The van der Waals surface area contributed by atoms with Crippen molar-refractivity contribution in [3.8, 4) is 5.75 Å². The van der Waals surface area contributed by atoms with Gasteiger partial charge < -0.3 is 15.2 Å². The Morgan fingerprint density at radius 3 is 2.55 bits per heavy atom. The predicted molar refractivity (Wildman–Crippen MR) is 82.2 cm³/mol. The van der Waals surface area contributed by atoms with E-state index in [0.29, 0.717) is 19.2 Å². The van der Waals surface area contributed by atoms with E-state index in [2.05, 4.69) is 24.4 Å². The lowest BCUT2D eigenvalue weighted by molar-refractivity contribution is 0.102. The van der Waals surface area contributed by atoms with Crippen molar-refractivity contribution in [2.24, 2.45) is 0 Å². The average molecular weight is 277 g/mol. The molecule has 1 fully saturated rings. The van der Waals surface area contributed by atoms with Gasteiger partial charge in [0.1, 0.15) is 18.5 Å². The summed E-state index contributed by atoms with van der Waals surface area (Å²) in [5.74, 6) is 0.832. The van der Waals surface area contributed by atoms with Crippen molar-refractivity contribution in [2.75, 3.05) is 13.2 Å². The number of rotatable bonds is 7. The minimum atomic E-state index is -0.442. The molecule has 1 saturated carbocycles. The van der Waals surface area contributed by atoms with E-state index in [1.54, 1.807) is 0 Å². The number of aryl methyl sites for hydroxylation is 1. The molecule has 3 heteroatoms. The molecule has 3 nitrogen and oxygen atoms in total. The first-order chi connectivity index (χ1) is 9.78. The summed E-state index contributed by atoms with van der Waals surface area (Å²) in [6.07, 6.45) is 7.06. The van der Waals surface area contributed by atoms with Crippen molar-refractivity contribution >= 4 is 0 Å². The molecule has 0 amide bonds. The molecule has 2 rings (SSSR count). The largest absolute Gasteiger partial charge is 0.491 e. The summed E-state index contributed by atoms with van der Waals surface area (Å²) in [7, 11) is 0. The van der Waals surface area contributed by atoms with Gasteiger partial charge in [-0.1, -0.05) is 38.3 Å². The van der Waals surface area contributed by atoms with Crippen molar-refractivity contribution in [2.45, 2.75) is 57.6 Å². The van der Waals surface area contributed by atoms with Gasteiger partial charge in [0.2, 0.25) is 0 Å². The van der Waals surface area contributed by atoms with E-state index < -0.39 is 6.10 Å². The van der Waals surface area contributed by atoms with Gasteiger partial charge in [0, 0.05) is 12.6 Å². The lowest BCUT2D eigenvalue weighted by Crippen LogP contribution is -2.38. The first-order valence-corrected chi connectivity index (χ1v) is 7.91. The van der Waals surface area contributed by atoms with Gasteiger partial charge in [0.05, 0.1) is 0 Å². The number of hydrogen-bond acceptors (Lipinski definition) is 3. The Kier molecular flexibility index (Phi) is 6.34. The highest BCUT2D eigenvalue weighted by molar-refractivity contribution is 5.27. The summed E-state index contributed by atoms with van der Waals surface area (Å²) in [5, 5.41) is 13.4. The maximum atomic E-state index is 9.95. The zero-order valence-corrected chi connectivity index (χ0v) is 12.5. The summed E-state index contributed by atoms with van der Waals surface area (Å²) in [4.78, 5) is 0. The fraction of sp³-hybridized carbons (Fsp3) is 0.647. The molecule has 0 aromatic heterocycles. The Hall–Kier alpha value is -1.06. The molecule has 2 N–H and O–H groups in total. The molecular formula is C17H27NO2. The van der Waals surface area contributed by atoms with Crippen LogP contribution in [-0.2, 0) is 6.42 Å². The van der Waals surface area contributed by atoms with Crippen molar-refractivity contribution in [1.29, 1.82) is 0 Å². The molecule has 0 heterocycles. The van der Waals surface area contributed by atoms with E-state index in [-0.39, 0.29) is 0 Å². The minimum absolute atomic E-state index is 0.352. The Labute approximate surface area is 122 Å². The highest BCUT2D eigenvalue weighted by Gasteiger charge is 2.14. The van der Waals surface area contributed by atoms with Gasteiger partial charge in [-0.2, -0.15) is 0 Å². The Balaban J connectivity index is 1.64. The summed E-state index contributed by atoms with van der Waals surface area (Å²) in [6.45, 7) is 3.11. The van der Waals surface area contributed by atoms with Crippen molar-refractivity contribution in [1.82, 2.24) is 5.32 Å². The summed E-state index contributed by atoms with van der Waals surface area (Å²) in [5.41, 5.74) is 1.30. The SMILES string of the molecule is CCc1ccc(OCC(O)CNC2CCCCC2)cc1. The highest BCUT2D eigenvalue weighted by atomic mass is 16.5. The first-order valence-electron chi connectivity index (χ1n) is 7.91. The molecule has 0 spiro atoms. The molecule has 1 aliphatic rings. The Bertz CT molecular complexity index is 371. The quantitative estimate of drug-likeness (QED) is 0.805. The molecule has 20 heavy (non-hydrogen) atoms. The van der Waals surface area contributed by atoms with Crippen molar-refractivity contribution < 1.29 is 9.84 Å². The summed E-state index contributed by atoms with van der Waals surface area (Å²) >= 11 is 0. The van der Waals surface area contributed by atoms with Crippen molar-refractivity contribution in [3.05, 3.63) is 29.8 Å². The van der Waals surface area contributed by atoms with Crippen LogP contribution in [0.1, 0.15) is 44.6 Å². The second-order valence-electron chi connectivity index (χ2n) is 5.71. The van der Waals surface area contributed by atoms with Crippen LogP contribution in [0.25, 0.3) is 0 Å². The van der Waals surface area contributed by atoms with E-state index in [9.17, 15) is 5.11 Å². The second kappa shape index (κ2) is 8.28. The van der Waals surface area contributed by atoms with Crippen LogP contribution in [-0.4, -0.2) is 30.4 Å². The molecule has 0 bridgehead atoms. The van der Waals surface area contributed by atoms with E-state index >= 15 is 0 Å². The summed E-state index contributed by atoms with van der Waals surface area (Å²) < 4.78 is 5.62. The fourth-order valence-corrected chi connectivity index (χ4v) is 2.68. The molecule has 0 radical (unpaired) electrons. The Morgan fingerprint density at radius 2 is 1.90 bits per heavy atom. The van der Waals surface area contributed by atoms with Crippen LogP contribution in [0.3, 0.4) is 0 Å². The zero-order chi connectivity index (χ0) is 14.2. The topological polar surface area (TPSA) is 41.5 Å².